The van der Waals surface area contributed by atoms with E-state index in [1.165, 1.54) is 12.1 Å². The van der Waals surface area contributed by atoms with Crippen LogP contribution in [-0.4, -0.2) is 19.1 Å². The van der Waals surface area contributed by atoms with Gasteiger partial charge in [0.15, 0.2) is 17.3 Å². The lowest BCUT2D eigenvalue weighted by Gasteiger charge is -2.18. The minimum absolute atomic E-state index is 0.0304. The van der Waals surface area contributed by atoms with E-state index < -0.39 is 5.82 Å². The van der Waals surface area contributed by atoms with Crippen LogP contribution in [-0.2, 0) is 11.2 Å². The van der Waals surface area contributed by atoms with Gasteiger partial charge in [-0.05, 0) is 29.8 Å². The van der Waals surface area contributed by atoms with Crippen LogP contribution in [0.3, 0.4) is 0 Å². The van der Waals surface area contributed by atoms with E-state index in [0.717, 1.165) is 5.56 Å². The fourth-order valence-electron chi connectivity index (χ4n) is 2.18. The molecule has 3 rings (SSSR count). The van der Waals surface area contributed by atoms with E-state index in [4.69, 9.17) is 21.1 Å². The first-order valence-electron chi connectivity index (χ1n) is 6.76. The van der Waals surface area contributed by atoms with Gasteiger partial charge in [0, 0.05) is 0 Å². The molecule has 2 aromatic rings. The van der Waals surface area contributed by atoms with Gasteiger partial charge in [0.1, 0.15) is 13.2 Å². The normalized spacial score (nSPS) is 12.8. The lowest BCUT2D eigenvalue weighted by atomic mass is 10.1. The molecule has 0 aromatic heterocycles. The van der Waals surface area contributed by atoms with Crippen molar-refractivity contribution in [2.24, 2.45) is 0 Å². The Bertz CT molecular complexity index is 721. The number of hydrogen-bond acceptors (Lipinski definition) is 3. The molecule has 22 heavy (non-hydrogen) atoms. The molecule has 1 aliphatic heterocycles. The molecule has 114 valence electrons. The minimum Gasteiger partial charge on any atom is -0.486 e. The summed E-state index contributed by atoms with van der Waals surface area (Å²) in [6, 6.07) is 9.75. The summed E-state index contributed by atoms with van der Waals surface area (Å²) in [5.74, 6) is 0.305. The maximum atomic E-state index is 13.7. The monoisotopic (exact) mass is 321 g/mol. The van der Waals surface area contributed by atoms with Gasteiger partial charge in [-0.15, -0.1) is 0 Å². The van der Waals surface area contributed by atoms with E-state index in [1.54, 1.807) is 24.3 Å². The lowest BCUT2D eigenvalue weighted by molar-refractivity contribution is -0.115. The molecule has 0 bridgehead atoms. The van der Waals surface area contributed by atoms with Gasteiger partial charge < -0.3 is 14.8 Å². The number of fused-ring (bicyclic) bond motifs is 1. The highest BCUT2D eigenvalue weighted by molar-refractivity contribution is 6.31. The second-order valence-electron chi connectivity index (χ2n) is 4.80. The zero-order chi connectivity index (χ0) is 15.5. The van der Waals surface area contributed by atoms with Gasteiger partial charge in [0.25, 0.3) is 0 Å². The Morgan fingerprint density at radius 3 is 2.77 bits per heavy atom. The summed E-state index contributed by atoms with van der Waals surface area (Å²) in [6.45, 7) is 0.997. The van der Waals surface area contributed by atoms with Crippen molar-refractivity contribution in [3.8, 4) is 11.5 Å². The average Bonchev–Trinajstić information content (AvgIpc) is 2.52. The molecule has 0 saturated heterocycles. The Balaban J connectivity index is 1.70. The minimum atomic E-state index is -0.639. The van der Waals surface area contributed by atoms with Crippen LogP contribution < -0.4 is 14.8 Å². The van der Waals surface area contributed by atoms with E-state index >= 15 is 0 Å². The highest BCUT2D eigenvalue weighted by Crippen LogP contribution is 2.31. The molecular formula is C16H13ClFNO3. The molecule has 0 atom stereocenters. The maximum absolute atomic E-state index is 13.7. The highest BCUT2D eigenvalue weighted by atomic mass is 35.5. The quantitative estimate of drug-likeness (QED) is 0.942. The van der Waals surface area contributed by atoms with Crippen LogP contribution in [0.2, 0.25) is 5.02 Å². The zero-order valence-electron chi connectivity index (χ0n) is 11.6. The van der Waals surface area contributed by atoms with Gasteiger partial charge in [-0.25, -0.2) is 4.39 Å². The van der Waals surface area contributed by atoms with E-state index in [9.17, 15) is 9.18 Å². The second-order valence-corrected chi connectivity index (χ2v) is 5.21. The largest absolute Gasteiger partial charge is 0.486 e. The van der Waals surface area contributed by atoms with Crippen LogP contribution in [0.4, 0.5) is 10.1 Å². The smallest absolute Gasteiger partial charge is 0.228 e. The molecule has 0 aliphatic carbocycles. The summed E-state index contributed by atoms with van der Waals surface area (Å²) in [5.41, 5.74) is 0.819. The van der Waals surface area contributed by atoms with Crippen molar-refractivity contribution in [1.82, 2.24) is 0 Å². The highest BCUT2D eigenvalue weighted by Gasteiger charge is 2.14. The number of rotatable bonds is 3. The van der Waals surface area contributed by atoms with E-state index in [-0.39, 0.29) is 23.0 Å². The topological polar surface area (TPSA) is 47.6 Å². The van der Waals surface area contributed by atoms with Crippen molar-refractivity contribution < 1.29 is 18.7 Å². The number of carbonyl (C=O) groups excluding carboxylic acids is 1. The Morgan fingerprint density at radius 2 is 1.95 bits per heavy atom. The molecule has 0 fully saturated rings. The molecule has 0 spiro atoms. The fraction of sp³-hybridized carbons (Fsp3) is 0.188. The van der Waals surface area contributed by atoms with Crippen LogP contribution in [0.1, 0.15) is 5.56 Å². The summed E-state index contributed by atoms with van der Waals surface area (Å²) in [6.07, 6.45) is 0.0998. The van der Waals surface area contributed by atoms with Crippen molar-refractivity contribution >= 4 is 23.2 Å². The zero-order valence-corrected chi connectivity index (χ0v) is 12.3. The van der Waals surface area contributed by atoms with Crippen molar-refractivity contribution in [3.63, 3.8) is 0 Å². The number of halogens is 2. The molecule has 0 saturated carbocycles. The lowest BCUT2D eigenvalue weighted by Crippen LogP contribution is -2.17. The second kappa shape index (κ2) is 6.23. The maximum Gasteiger partial charge on any atom is 0.228 e. The molecule has 6 heteroatoms. The number of hydrogen-bond donors (Lipinski definition) is 1. The van der Waals surface area contributed by atoms with E-state index in [2.05, 4.69) is 5.32 Å². The van der Waals surface area contributed by atoms with E-state index in [0.29, 0.717) is 24.7 Å². The van der Waals surface area contributed by atoms with E-state index in [1.807, 2.05) is 0 Å². The Morgan fingerprint density at radius 1 is 1.18 bits per heavy atom. The third kappa shape index (κ3) is 3.14. The standard InChI is InChI=1S/C16H13ClFNO3/c17-11-2-1-3-12(16(11)18)19-15(20)9-10-4-5-13-14(8-10)22-7-6-21-13/h1-5,8H,6-7,9H2,(H,19,20). The number of anilines is 1. The number of nitrogens with one attached hydrogen (secondary N) is 1. The summed E-state index contributed by atoms with van der Waals surface area (Å²) >= 11 is 5.68. The first-order valence-corrected chi connectivity index (χ1v) is 7.13. The third-order valence-corrected chi connectivity index (χ3v) is 3.49. The molecule has 0 unspecified atom stereocenters. The van der Waals surface area contributed by atoms with Gasteiger partial charge in [-0.3, -0.25) is 4.79 Å². The molecule has 0 radical (unpaired) electrons. The molecule has 1 amide bonds. The summed E-state index contributed by atoms with van der Waals surface area (Å²) in [5, 5.41) is 2.48. The van der Waals surface area contributed by atoms with Gasteiger partial charge in [-0.2, -0.15) is 0 Å². The number of carbonyl (C=O) groups is 1. The number of amides is 1. The Hall–Kier alpha value is -2.27. The van der Waals surface area contributed by atoms with Gasteiger partial charge in [0.2, 0.25) is 5.91 Å². The van der Waals surface area contributed by atoms with Crippen molar-refractivity contribution in [1.29, 1.82) is 0 Å². The molecule has 1 N–H and O–H groups in total. The molecule has 1 heterocycles. The van der Waals surface area contributed by atoms with Crippen molar-refractivity contribution in [2.45, 2.75) is 6.42 Å². The Kier molecular flexibility index (Phi) is 4.15. The Labute approximate surface area is 131 Å². The summed E-state index contributed by atoms with van der Waals surface area (Å²) in [4.78, 5) is 12.0. The fourth-order valence-corrected chi connectivity index (χ4v) is 2.35. The van der Waals surface area contributed by atoms with Crippen LogP contribution in [0.15, 0.2) is 36.4 Å². The van der Waals surface area contributed by atoms with Crippen molar-refractivity contribution in [3.05, 3.63) is 52.8 Å². The molecule has 2 aromatic carbocycles. The van der Waals surface area contributed by atoms with Crippen molar-refractivity contribution in [2.75, 3.05) is 18.5 Å². The van der Waals surface area contributed by atoms with Gasteiger partial charge in [-0.1, -0.05) is 23.7 Å². The number of ether oxygens (including phenoxy) is 2. The first kappa shape index (κ1) is 14.7. The number of benzene rings is 2. The predicted molar refractivity (Wildman–Crippen MR) is 81.2 cm³/mol. The molecule has 1 aliphatic rings. The average molecular weight is 322 g/mol. The van der Waals surface area contributed by atoms with Gasteiger partial charge in [0.05, 0.1) is 17.1 Å². The predicted octanol–water partition coefficient (Wildman–Crippen LogP) is 3.43. The van der Waals surface area contributed by atoms with Crippen LogP contribution in [0.5, 0.6) is 11.5 Å². The van der Waals surface area contributed by atoms with Crippen LogP contribution in [0, 0.1) is 5.82 Å². The third-order valence-electron chi connectivity index (χ3n) is 3.20. The first-order chi connectivity index (χ1) is 10.6. The summed E-state index contributed by atoms with van der Waals surface area (Å²) in [7, 11) is 0. The van der Waals surface area contributed by atoms with Crippen LogP contribution >= 0.6 is 11.6 Å². The SMILES string of the molecule is O=C(Cc1ccc2c(c1)OCCO2)Nc1cccc(Cl)c1F. The van der Waals surface area contributed by atoms with Gasteiger partial charge >= 0.3 is 0 Å². The molecule has 4 nitrogen and oxygen atoms in total. The van der Waals surface area contributed by atoms with Crippen LogP contribution in [0.25, 0.3) is 0 Å². The summed E-state index contributed by atoms with van der Waals surface area (Å²) < 4.78 is 24.6. The molecular weight excluding hydrogens is 309 g/mol.